The van der Waals surface area contributed by atoms with Gasteiger partial charge in [-0.25, -0.2) is 4.79 Å². The molecule has 1 rings (SSSR count). The monoisotopic (exact) mass is 231 g/mol. The lowest BCUT2D eigenvalue weighted by Crippen LogP contribution is -2.21. The van der Waals surface area contributed by atoms with E-state index < -0.39 is 17.9 Å². The fourth-order valence-corrected chi connectivity index (χ4v) is 0.925. The van der Waals surface area contributed by atoms with Gasteiger partial charge in [-0.05, 0) is 6.92 Å². The van der Waals surface area contributed by atoms with E-state index in [0.29, 0.717) is 11.3 Å². The number of nitrogens with zero attached hydrogens (tertiary/aromatic N) is 1. The summed E-state index contributed by atoms with van der Waals surface area (Å²) in [5, 5.41) is 18.3. The predicted molar refractivity (Wildman–Crippen MR) is 52.2 cm³/mol. The first-order valence-electron chi connectivity index (χ1n) is 4.67. The second kappa shape index (κ2) is 5.86. The van der Waals surface area contributed by atoms with Gasteiger partial charge < -0.3 is 19.7 Å². The molecule has 0 amide bonds. The Morgan fingerprint density at radius 3 is 2.50 bits per heavy atom. The van der Waals surface area contributed by atoms with Crippen LogP contribution in [-0.2, 0) is 9.47 Å². The molecule has 0 unspecified atom stereocenters. The number of aromatic nitrogens is 1. The van der Waals surface area contributed by atoms with Crippen molar-refractivity contribution in [2.75, 3.05) is 19.8 Å². The molecule has 0 atom stereocenters. The molecule has 1 aromatic rings. The van der Waals surface area contributed by atoms with Crippen molar-refractivity contribution in [3.63, 3.8) is 0 Å². The molecule has 7 nitrogen and oxygen atoms in total. The first-order chi connectivity index (χ1) is 7.65. The van der Waals surface area contributed by atoms with Crippen LogP contribution in [0.5, 0.6) is 11.8 Å². The Balaban J connectivity index is 2.34. The van der Waals surface area contributed by atoms with Gasteiger partial charge in [-0.15, -0.1) is 4.73 Å². The van der Waals surface area contributed by atoms with Gasteiger partial charge in [0.25, 0.3) is 0 Å². The standard InChI is InChI=1S/C9H13NO6/c1-2-14-5-6-15-9(13)16-10-7(11)3-4-8(10)12/h3-4,11-12H,2,5-6H2,1H3. The van der Waals surface area contributed by atoms with Crippen molar-refractivity contribution >= 4 is 6.16 Å². The predicted octanol–water partition coefficient (Wildman–Crippen LogP) is 0.501. The first-order valence-corrected chi connectivity index (χ1v) is 4.67. The van der Waals surface area contributed by atoms with E-state index in [-0.39, 0.29) is 13.2 Å². The van der Waals surface area contributed by atoms with Crippen LogP contribution in [0.3, 0.4) is 0 Å². The molecule has 90 valence electrons. The molecular weight excluding hydrogens is 218 g/mol. The smallest absolute Gasteiger partial charge is 0.492 e. The Morgan fingerprint density at radius 2 is 1.94 bits per heavy atom. The van der Waals surface area contributed by atoms with Gasteiger partial charge in [0.1, 0.15) is 6.61 Å². The van der Waals surface area contributed by atoms with Crippen LogP contribution in [0.1, 0.15) is 6.92 Å². The zero-order valence-electron chi connectivity index (χ0n) is 8.75. The summed E-state index contributed by atoms with van der Waals surface area (Å²) in [6, 6.07) is 2.34. The van der Waals surface area contributed by atoms with Crippen LogP contribution >= 0.6 is 0 Å². The molecule has 0 aromatic carbocycles. The average molecular weight is 231 g/mol. The third-order valence-corrected chi connectivity index (χ3v) is 1.62. The van der Waals surface area contributed by atoms with E-state index in [1.165, 1.54) is 12.1 Å². The van der Waals surface area contributed by atoms with E-state index in [0.717, 1.165) is 0 Å². The highest BCUT2D eigenvalue weighted by molar-refractivity contribution is 5.60. The number of hydrogen-bond acceptors (Lipinski definition) is 6. The van der Waals surface area contributed by atoms with Gasteiger partial charge in [-0.2, -0.15) is 0 Å². The Labute approximate surface area is 91.7 Å². The highest BCUT2D eigenvalue weighted by Gasteiger charge is 2.12. The van der Waals surface area contributed by atoms with E-state index in [4.69, 9.17) is 14.9 Å². The van der Waals surface area contributed by atoms with Gasteiger partial charge in [-0.3, -0.25) is 4.84 Å². The summed E-state index contributed by atoms with van der Waals surface area (Å²) in [7, 11) is 0. The highest BCUT2D eigenvalue weighted by atomic mass is 16.8. The lowest BCUT2D eigenvalue weighted by molar-refractivity contribution is 0.0166. The van der Waals surface area contributed by atoms with Crippen molar-refractivity contribution in [1.82, 2.24) is 4.73 Å². The van der Waals surface area contributed by atoms with Crippen LogP contribution in [0.15, 0.2) is 12.1 Å². The van der Waals surface area contributed by atoms with Gasteiger partial charge in [0.2, 0.25) is 11.8 Å². The minimum absolute atomic E-state index is 0.0372. The Kier molecular flexibility index (Phi) is 4.46. The molecule has 2 N–H and O–H groups in total. The van der Waals surface area contributed by atoms with Crippen LogP contribution in [-0.4, -0.2) is 40.9 Å². The maximum atomic E-state index is 11.0. The molecule has 1 aromatic heterocycles. The molecule has 16 heavy (non-hydrogen) atoms. The second-order valence-corrected chi connectivity index (χ2v) is 2.73. The third-order valence-electron chi connectivity index (χ3n) is 1.62. The number of carbonyl (C=O) groups excluding carboxylic acids is 1. The van der Waals surface area contributed by atoms with Gasteiger partial charge in [0.15, 0.2) is 0 Å². The number of ether oxygens (including phenoxy) is 2. The van der Waals surface area contributed by atoms with Crippen molar-refractivity contribution in [2.24, 2.45) is 0 Å². The molecule has 0 radical (unpaired) electrons. The van der Waals surface area contributed by atoms with E-state index >= 15 is 0 Å². The van der Waals surface area contributed by atoms with Crippen LogP contribution in [0.25, 0.3) is 0 Å². The highest BCUT2D eigenvalue weighted by Crippen LogP contribution is 2.18. The van der Waals surface area contributed by atoms with Crippen molar-refractivity contribution in [1.29, 1.82) is 0 Å². The maximum Gasteiger partial charge on any atom is 0.534 e. The van der Waals surface area contributed by atoms with Crippen molar-refractivity contribution in [3.05, 3.63) is 12.1 Å². The molecule has 0 saturated carbocycles. The second-order valence-electron chi connectivity index (χ2n) is 2.73. The average Bonchev–Trinajstić information content (AvgIpc) is 2.56. The quantitative estimate of drug-likeness (QED) is 0.566. The van der Waals surface area contributed by atoms with Crippen molar-refractivity contribution in [3.8, 4) is 11.8 Å². The number of hydrogen-bond donors (Lipinski definition) is 2. The molecule has 0 saturated heterocycles. The molecule has 0 fully saturated rings. The molecule has 7 heteroatoms. The molecule has 0 aliphatic heterocycles. The van der Waals surface area contributed by atoms with E-state index in [1.54, 1.807) is 0 Å². The summed E-state index contributed by atoms with van der Waals surface area (Å²) in [6.45, 7) is 2.64. The summed E-state index contributed by atoms with van der Waals surface area (Å²) < 4.78 is 10.1. The van der Waals surface area contributed by atoms with E-state index in [1.807, 2.05) is 6.92 Å². The van der Waals surface area contributed by atoms with Gasteiger partial charge >= 0.3 is 6.16 Å². The van der Waals surface area contributed by atoms with Gasteiger partial charge in [0.05, 0.1) is 6.61 Å². The van der Waals surface area contributed by atoms with E-state index in [2.05, 4.69) is 9.57 Å². The summed E-state index contributed by atoms with van der Waals surface area (Å²) in [5.41, 5.74) is 0. The number of rotatable bonds is 5. The third kappa shape index (κ3) is 3.35. The molecular formula is C9H13NO6. The Morgan fingerprint density at radius 1 is 1.31 bits per heavy atom. The van der Waals surface area contributed by atoms with Gasteiger partial charge in [0, 0.05) is 18.7 Å². The van der Waals surface area contributed by atoms with Gasteiger partial charge in [-0.1, -0.05) is 0 Å². The SMILES string of the molecule is CCOCCOC(=O)On1c(O)ccc1O. The molecule has 1 heterocycles. The topological polar surface area (TPSA) is 90.2 Å². The normalized spacial score (nSPS) is 10.1. The minimum atomic E-state index is -1.04. The first kappa shape index (κ1) is 12.2. The molecule has 0 aliphatic rings. The fourth-order valence-electron chi connectivity index (χ4n) is 0.925. The largest absolute Gasteiger partial charge is 0.534 e. The molecule has 0 aliphatic carbocycles. The van der Waals surface area contributed by atoms with Crippen LogP contribution < -0.4 is 4.84 Å². The van der Waals surface area contributed by atoms with Crippen LogP contribution in [0.4, 0.5) is 4.79 Å². The number of carbonyl (C=O) groups is 1. The lowest BCUT2D eigenvalue weighted by atomic mass is 10.6. The van der Waals surface area contributed by atoms with Crippen LogP contribution in [0.2, 0.25) is 0 Å². The zero-order chi connectivity index (χ0) is 12.0. The molecule has 0 spiro atoms. The molecule has 0 bridgehead atoms. The summed E-state index contributed by atoms with van der Waals surface area (Å²) in [6.07, 6.45) is -1.04. The van der Waals surface area contributed by atoms with E-state index in [9.17, 15) is 4.79 Å². The van der Waals surface area contributed by atoms with Crippen molar-refractivity contribution < 1.29 is 29.3 Å². The lowest BCUT2D eigenvalue weighted by Gasteiger charge is -2.07. The minimum Gasteiger partial charge on any atom is -0.492 e. The Hall–Kier alpha value is -1.89. The van der Waals surface area contributed by atoms with Crippen LogP contribution in [0, 0.1) is 0 Å². The Bertz CT molecular complexity index is 328. The van der Waals surface area contributed by atoms with Crippen molar-refractivity contribution in [2.45, 2.75) is 6.92 Å². The zero-order valence-corrected chi connectivity index (χ0v) is 8.75. The summed E-state index contributed by atoms with van der Waals surface area (Å²) in [4.78, 5) is 15.5. The maximum absolute atomic E-state index is 11.0. The summed E-state index contributed by atoms with van der Waals surface area (Å²) in [5.74, 6) is -0.807. The fraction of sp³-hybridized carbons (Fsp3) is 0.444. The number of aromatic hydroxyl groups is 2. The summed E-state index contributed by atoms with van der Waals surface area (Å²) >= 11 is 0.